The highest BCUT2D eigenvalue weighted by molar-refractivity contribution is 7.13. The molecule has 1 atom stereocenters. The molecule has 620 valence electrons. The van der Waals surface area contributed by atoms with Gasteiger partial charge in [0.15, 0.2) is 34.9 Å². The van der Waals surface area contributed by atoms with Crippen molar-refractivity contribution in [3.05, 3.63) is 491 Å². The Bertz CT molecular complexity index is 7600. The molecule has 8 heteroatoms. The second-order valence-electron chi connectivity index (χ2n) is 34.1. The molecule has 0 bridgehead atoms. The Balaban J connectivity index is 0.000000149. The first-order valence-electron chi connectivity index (χ1n) is 44.8. The van der Waals surface area contributed by atoms with Crippen molar-refractivity contribution in [2.24, 2.45) is 0 Å². The minimum Gasteiger partial charge on any atom is -0.208 e. The van der Waals surface area contributed by atoms with Crippen LogP contribution in [0.1, 0.15) is 0 Å². The number of aromatic nitrogens is 6. The molecule has 0 aliphatic carbocycles. The Kier molecular flexibility index (Phi) is 22.5. The van der Waals surface area contributed by atoms with Crippen molar-refractivity contribution in [2.45, 2.75) is 19.6 Å². The van der Waals surface area contributed by atoms with Gasteiger partial charge in [-0.2, -0.15) is 0 Å². The fraction of sp³-hybridized carbons (Fsp3) is 0.0244. The summed E-state index contributed by atoms with van der Waals surface area (Å²) in [6.45, 7) is 7.47. The summed E-state index contributed by atoms with van der Waals surface area (Å²) in [5, 5.41) is 7.48. The van der Waals surface area contributed by atoms with Crippen molar-refractivity contribution < 1.29 is 0 Å². The molecule has 0 saturated heterocycles. The number of nitrogens with zero attached hydrogens (tertiary/aromatic N) is 6. The summed E-state index contributed by atoms with van der Waals surface area (Å²) in [5.41, 5.74) is 32.3. The van der Waals surface area contributed by atoms with E-state index in [9.17, 15) is 0 Å². The van der Waals surface area contributed by atoms with E-state index in [-0.39, 0.29) is 0 Å². The summed E-state index contributed by atoms with van der Waals surface area (Å²) >= 11 is 0. The van der Waals surface area contributed by atoms with Gasteiger partial charge in [-0.3, -0.25) is 0 Å². The summed E-state index contributed by atoms with van der Waals surface area (Å²) in [5.74, 6) is 3.82. The van der Waals surface area contributed by atoms with Gasteiger partial charge in [-0.25, -0.2) is 29.9 Å². The van der Waals surface area contributed by atoms with Crippen LogP contribution in [0, 0.1) is 0 Å². The maximum absolute atomic E-state index is 5.13. The zero-order valence-corrected chi connectivity index (χ0v) is 74.9. The van der Waals surface area contributed by atoms with Crippen LogP contribution in [0.3, 0.4) is 0 Å². The molecule has 4 heterocycles. The van der Waals surface area contributed by atoms with E-state index >= 15 is 0 Å². The van der Waals surface area contributed by atoms with Gasteiger partial charge in [0.05, 0.1) is 0 Å². The summed E-state index contributed by atoms with van der Waals surface area (Å²) in [6, 6.07) is 175. The van der Waals surface area contributed by atoms with Crippen LogP contribution in [0.4, 0.5) is 0 Å². The molecular weight excluding hydrogens is 1620 g/mol. The summed E-state index contributed by atoms with van der Waals surface area (Å²) in [6.07, 6.45) is 0. The standard InChI is InChI=1S/C59H43N3Si.C58H41N3Si.C6H6/c1-63(2)54-30-10-9-28-53(54)56-52(29-15-31-55(56)63)49-25-12-24-48(37-49)47-23-11-20-44(36-47)42-32-34-43(35-33-42)57-60-58(50-26-13-21-45(38-50)40-16-5-3-6-17-40)62-59(61-57)51-27-14-22-46(39-51)41-18-7-4-8-19-41;1-62(50-27-9-4-10-28-50)53-31-12-11-29-52(53)55-51(30-16-32-54(55)62)48-25-14-24-47(38-48)46-23-13-21-44(37-46)41-33-35-43(36-34-41)57-59-56(42-19-7-3-8-20-42)60-58(61-57)49-26-15-22-45(39-49)40-17-5-2-6-18-40;1-2-4-6-5-3-1/h3-39H,1-2H3;2-39H,1H3;1-6H. The van der Waals surface area contributed by atoms with Crippen molar-refractivity contribution in [2.75, 3.05) is 0 Å². The first-order chi connectivity index (χ1) is 64.6. The van der Waals surface area contributed by atoms with E-state index < -0.39 is 16.1 Å². The molecule has 21 aromatic rings. The first-order valence-corrected chi connectivity index (χ1v) is 50.3. The van der Waals surface area contributed by atoms with Gasteiger partial charge < -0.3 is 0 Å². The maximum atomic E-state index is 5.13. The summed E-state index contributed by atoms with van der Waals surface area (Å²) in [4.78, 5) is 30.4. The van der Waals surface area contributed by atoms with E-state index in [1.165, 1.54) is 92.7 Å². The van der Waals surface area contributed by atoms with E-state index in [4.69, 9.17) is 29.9 Å². The molecule has 0 fully saturated rings. The Morgan fingerprint density at radius 3 is 0.702 bits per heavy atom. The Labute approximate surface area is 768 Å². The van der Waals surface area contributed by atoms with Gasteiger partial charge in [0.1, 0.15) is 16.1 Å². The average molecular weight is 1710 g/mol. The highest BCUT2D eigenvalue weighted by atomic mass is 28.3. The largest absolute Gasteiger partial charge is 0.208 e. The summed E-state index contributed by atoms with van der Waals surface area (Å²) < 4.78 is 0. The summed E-state index contributed by atoms with van der Waals surface area (Å²) in [7, 11) is -3.95. The lowest BCUT2D eigenvalue weighted by atomic mass is 9.92. The third-order valence-electron chi connectivity index (χ3n) is 25.6. The Morgan fingerprint density at radius 2 is 0.336 bits per heavy atom. The van der Waals surface area contributed by atoms with Crippen LogP contribution in [-0.2, 0) is 0 Å². The van der Waals surface area contributed by atoms with Crippen LogP contribution in [-0.4, -0.2) is 46.1 Å². The number of rotatable bonds is 16. The molecule has 23 rings (SSSR count). The minimum absolute atomic E-state index is 0.628. The molecule has 0 spiro atoms. The van der Waals surface area contributed by atoms with Gasteiger partial charge in [0, 0.05) is 33.4 Å². The second kappa shape index (κ2) is 36.2. The van der Waals surface area contributed by atoms with Crippen LogP contribution in [0.15, 0.2) is 491 Å². The molecule has 2 aromatic heterocycles. The number of hydrogen-bond donors (Lipinski definition) is 0. The molecular formula is C123H90N6Si2. The molecule has 6 nitrogen and oxygen atoms in total. The molecule has 0 radical (unpaired) electrons. The highest BCUT2D eigenvalue weighted by Gasteiger charge is 2.44. The van der Waals surface area contributed by atoms with Gasteiger partial charge >= 0.3 is 0 Å². The van der Waals surface area contributed by atoms with Crippen molar-refractivity contribution in [3.8, 4) is 191 Å². The van der Waals surface area contributed by atoms with E-state index in [1.54, 1.807) is 0 Å². The molecule has 1 unspecified atom stereocenters. The SMILES string of the molecule is C[Si]1(C)c2ccccc2-c2c(-c3cccc(-c4cccc(-c5ccc(-c6nc(-c7cccc(-c8ccccc8)c7)nc(-c7cccc(-c8ccccc8)c7)n6)cc5)c4)c3)cccc21.C[Si]1(c2ccccc2)c2ccccc2-c2c(-c3cccc(-c4cccc(-c5ccc(-c6nc(-c7ccccc7)nc(-c7cccc(-c8ccccc8)c7)n6)cc5)c4)c3)cccc21.c1ccccc1. The quantitative estimate of drug-likeness (QED) is 0.0897. The zero-order chi connectivity index (χ0) is 88.0. The lowest BCUT2D eigenvalue weighted by Crippen LogP contribution is -2.62. The lowest BCUT2D eigenvalue weighted by molar-refractivity contribution is 1.07. The van der Waals surface area contributed by atoms with Crippen LogP contribution >= 0.6 is 0 Å². The Morgan fingerprint density at radius 1 is 0.137 bits per heavy atom. The van der Waals surface area contributed by atoms with Crippen molar-refractivity contribution in [1.82, 2.24) is 29.9 Å². The fourth-order valence-corrected chi connectivity index (χ4v) is 26.1. The van der Waals surface area contributed by atoms with Gasteiger partial charge in [0.2, 0.25) is 0 Å². The molecule has 19 aromatic carbocycles. The van der Waals surface area contributed by atoms with Crippen molar-refractivity contribution in [3.63, 3.8) is 0 Å². The topological polar surface area (TPSA) is 77.3 Å². The van der Waals surface area contributed by atoms with E-state index in [2.05, 4.69) is 426 Å². The molecule has 131 heavy (non-hydrogen) atoms. The number of fused-ring (bicyclic) bond motifs is 6. The van der Waals surface area contributed by atoms with E-state index in [0.717, 1.165) is 89.0 Å². The van der Waals surface area contributed by atoms with Crippen molar-refractivity contribution in [1.29, 1.82) is 0 Å². The van der Waals surface area contributed by atoms with Crippen LogP contribution in [0.2, 0.25) is 19.6 Å². The molecule has 0 amide bonds. The maximum Gasteiger partial charge on any atom is 0.164 e. The normalized spacial score (nSPS) is 12.9. The smallest absolute Gasteiger partial charge is 0.164 e. The van der Waals surface area contributed by atoms with Crippen LogP contribution < -0.4 is 25.9 Å². The first kappa shape index (κ1) is 81.7. The van der Waals surface area contributed by atoms with Crippen molar-refractivity contribution >= 4 is 42.1 Å². The molecule has 2 aliphatic heterocycles. The van der Waals surface area contributed by atoms with E-state index in [1.807, 2.05) is 84.9 Å². The molecule has 2 aliphatic rings. The van der Waals surface area contributed by atoms with Crippen LogP contribution in [0.25, 0.3) is 191 Å². The predicted molar refractivity (Wildman–Crippen MR) is 552 cm³/mol. The highest BCUT2D eigenvalue weighted by Crippen LogP contribution is 2.43. The van der Waals surface area contributed by atoms with E-state index in [0.29, 0.717) is 34.9 Å². The molecule has 0 saturated carbocycles. The van der Waals surface area contributed by atoms with Gasteiger partial charge in [-0.15, -0.1) is 0 Å². The van der Waals surface area contributed by atoms with Crippen LogP contribution in [0.5, 0.6) is 0 Å². The Hall–Kier alpha value is -16.4. The lowest BCUT2D eigenvalue weighted by Gasteiger charge is -2.25. The average Bonchev–Trinajstić information content (AvgIpc) is 1.55. The predicted octanol–water partition coefficient (Wildman–Crippen LogP) is 28.3. The number of hydrogen-bond acceptors (Lipinski definition) is 6. The molecule has 0 N–H and O–H groups in total. The van der Waals surface area contributed by atoms with Gasteiger partial charge in [-0.05, 0) is 191 Å². The third kappa shape index (κ3) is 16.7. The fourth-order valence-electron chi connectivity index (χ4n) is 18.9. The monoisotopic (exact) mass is 1710 g/mol. The van der Waals surface area contributed by atoms with Gasteiger partial charge in [0.25, 0.3) is 0 Å². The zero-order valence-electron chi connectivity index (χ0n) is 72.9. The number of benzene rings is 19. The second-order valence-corrected chi connectivity index (χ2v) is 42.3. The third-order valence-corrected chi connectivity index (χ3v) is 33.7. The van der Waals surface area contributed by atoms with Gasteiger partial charge in [-0.1, -0.05) is 469 Å². The minimum atomic E-state index is -2.18.